The number of anilines is 1. The van der Waals surface area contributed by atoms with Gasteiger partial charge in [-0.05, 0) is 45.7 Å². The van der Waals surface area contributed by atoms with Gasteiger partial charge in [-0.1, -0.05) is 0 Å². The van der Waals surface area contributed by atoms with E-state index in [1.54, 1.807) is 11.5 Å². The van der Waals surface area contributed by atoms with Crippen LogP contribution in [-0.4, -0.2) is 35.2 Å². The molecule has 6 heteroatoms. The summed E-state index contributed by atoms with van der Waals surface area (Å²) in [6, 6.07) is 3.88. The van der Waals surface area contributed by atoms with Crippen LogP contribution in [0.3, 0.4) is 0 Å². The molecular weight excluding hydrogens is 306 g/mol. The highest BCUT2D eigenvalue weighted by Crippen LogP contribution is 2.31. The maximum absolute atomic E-state index is 13.0. The topological polar surface area (TPSA) is 64.4 Å². The standard InChI is InChI=1S/C18H23N3O3/c1-4-21-16-13(9-8-12(3)19-16)15(20-10-6-7-11-20)14(17(21)22)18(23)24-5-2/h8-9H,4-7,10-11H2,1-3H3. The van der Waals surface area contributed by atoms with E-state index in [2.05, 4.69) is 9.88 Å². The zero-order valence-electron chi connectivity index (χ0n) is 14.5. The minimum Gasteiger partial charge on any atom is -0.462 e. The van der Waals surface area contributed by atoms with Crippen molar-refractivity contribution in [2.75, 3.05) is 24.6 Å². The molecule has 0 spiro atoms. The summed E-state index contributed by atoms with van der Waals surface area (Å²) in [6.45, 7) is 7.91. The van der Waals surface area contributed by atoms with Gasteiger partial charge in [0.1, 0.15) is 11.2 Å². The van der Waals surface area contributed by atoms with E-state index < -0.39 is 5.97 Å². The van der Waals surface area contributed by atoms with Crippen molar-refractivity contribution in [3.8, 4) is 0 Å². The maximum Gasteiger partial charge on any atom is 0.345 e. The molecule has 128 valence electrons. The van der Waals surface area contributed by atoms with Gasteiger partial charge in [0.25, 0.3) is 5.56 Å². The Bertz CT molecular complexity index is 835. The lowest BCUT2D eigenvalue weighted by Gasteiger charge is -2.24. The summed E-state index contributed by atoms with van der Waals surface area (Å²) in [4.78, 5) is 32.2. The van der Waals surface area contributed by atoms with Crippen LogP contribution in [-0.2, 0) is 11.3 Å². The Kier molecular flexibility index (Phi) is 4.55. The van der Waals surface area contributed by atoms with Gasteiger partial charge < -0.3 is 9.64 Å². The summed E-state index contributed by atoms with van der Waals surface area (Å²) < 4.78 is 6.75. The first-order valence-electron chi connectivity index (χ1n) is 8.54. The van der Waals surface area contributed by atoms with Crippen LogP contribution in [0.25, 0.3) is 11.0 Å². The zero-order valence-corrected chi connectivity index (χ0v) is 14.5. The Morgan fingerprint density at radius 3 is 2.58 bits per heavy atom. The Labute approximate surface area is 141 Å². The van der Waals surface area contributed by atoms with E-state index in [-0.39, 0.29) is 17.7 Å². The van der Waals surface area contributed by atoms with Crippen LogP contribution in [0.15, 0.2) is 16.9 Å². The molecule has 24 heavy (non-hydrogen) atoms. The first kappa shape index (κ1) is 16.5. The number of esters is 1. The number of aromatic nitrogens is 2. The van der Waals surface area contributed by atoms with Crippen LogP contribution in [0.4, 0.5) is 5.69 Å². The van der Waals surface area contributed by atoms with E-state index in [9.17, 15) is 9.59 Å². The molecule has 1 aliphatic rings. The third-order valence-corrected chi connectivity index (χ3v) is 4.44. The van der Waals surface area contributed by atoms with Gasteiger partial charge in [0.2, 0.25) is 0 Å². The van der Waals surface area contributed by atoms with Gasteiger partial charge in [0.15, 0.2) is 0 Å². The minimum absolute atomic E-state index is 0.138. The number of rotatable bonds is 4. The first-order chi connectivity index (χ1) is 11.6. The van der Waals surface area contributed by atoms with Gasteiger partial charge in [0, 0.05) is 30.7 Å². The Hall–Kier alpha value is -2.37. The van der Waals surface area contributed by atoms with Crippen molar-refractivity contribution < 1.29 is 9.53 Å². The quantitative estimate of drug-likeness (QED) is 0.807. The number of carbonyl (C=O) groups is 1. The number of aryl methyl sites for hydroxylation is 2. The Morgan fingerprint density at radius 2 is 1.96 bits per heavy atom. The van der Waals surface area contributed by atoms with E-state index in [4.69, 9.17) is 4.74 Å². The monoisotopic (exact) mass is 329 g/mol. The molecule has 2 aromatic rings. The van der Waals surface area contributed by atoms with E-state index in [0.29, 0.717) is 17.9 Å². The second kappa shape index (κ2) is 6.63. The largest absolute Gasteiger partial charge is 0.462 e. The molecule has 1 aliphatic heterocycles. The third kappa shape index (κ3) is 2.66. The lowest BCUT2D eigenvalue weighted by molar-refractivity contribution is 0.0524. The number of hydrogen-bond donors (Lipinski definition) is 0. The normalized spacial score (nSPS) is 14.4. The van der Waals surface area contributed by atoms with Crippen LogP contribution in [0.5, 0.6) is 0 Å². The van der Waals surface area contributed by atoms with Crippen LogP contribution < -0.4 is 10.5 Å². The van der Waals surface area contributed by atoms with E-state index in [0.717, 1.165) is 37.0 Å². The van der Waals surface area contributed by atoms with E-state index >= 15 is 0 Å². The number of nitrogens with zero attached hydrogens (tertiary/aromatic N) is 3. The molecule has 6 nitrogen and oxygen atoms in total. The average Bonchev–Trinajstić information content (AvgIpc) is 3.08. The van der Waals surface area contributed by atoms with Crippen molar-refractivity contribution in [2.24, 2.45) is 0 Å². The molecular formula is C18H23N3O3. The van der Waals surface area contributed by atoms with Gasteiger partial charge in [0.05, 0.1) is 12.3 Å². The zero-order chi connectivity index (χ0) is 17.3. The first-order valence-corrected chi connectivity index (χ1v) is 8.54. The highest BCUT2D eigenvalue weighted by Gasteiger charge is 2.28. The molecule has 0 atom stereocenters. The molecule has 0 N–H and O–H groups in total. The molecule has 0 radical (unpaired) electrons. The lowest BCUT2D eigenvalue weighted by Crippen LogP contribution is -2.33. The molecule has 1 fully saturated rings. The highest BCUT2D eigenvalue weighted by atomic mass is 16.5. The fourth-order valence-corrected chi connectivity index (χ4v) is 3.35. The molecule has 0 aliphatic carbocycles. The summed E-state index contributed by atoms with van der Waals surface area (Å²) in [6.07, 6.45) is 2.11. The Morgan fingerprint density at radius 1 is 1.25 bits per heavy atom. The number of carbonyl (C=O) groups excluding carboxylic acids is 1. The smallest absolute Gasteiger partial charge is 0.345 e. The fourth-order valence-electron chi connectivity index (χ4n) is 3.35. The fraction of sp³-hybridized carbons (Fsp3) is 0.500. The molecule has 0 amide bonds. The highest BCUT2D eigenvalue weighted by molar-refractivity contribution is 6.04. The number of ether oxygens (including phenoxy) is 1. The third-order valence-electron chi connectivity index (χ3n) is 4.44. The van der Waals surface area contributed by atoms with Crippen molar-refractivity contribution >= 4 is 22.7 Å². The number of fused-ring (bicyclic) bond motifs is 1. The summed E-state index contributed by atoms with van der Waals surface area (Å²) in [7, 11) is 0. The van der Waals surface area contributed by atoms with Crippen molar-refractivity contribution in [3.63, 3.8) is 0 Å². The molecule has 3 heterocycles. The van der Waals surface area contributed by atoms with Crippen molar-refractivity contribution in [3.05, 3.63) is 33.7 Å². The average molecular weight is 329 g/mol. The Balaban J connectivity index is 2.39. The van der Waals surface area contributed by atoms with Gasteiger partial charge >= 0.3 is 5.97 Å². The summed E-state index contributed by atoms with van der Waals surface area (Å²) in [5, 5.41) is 0.840. The summed E-state index contributed by atoms with van der Waals surface area (Å²) >= 11 is 0. The van der Waals surface area contributed by atoms with Gasteiger partial charge in [-0.2, -0.15) is 0 Å². The van der Waals surface area contributed by atoms with Crippen LogP contribution in [0.1, 0.15) is 42.7 Å². The predicted molar refractivity (Wildman–Crippen MR) is 93.8 cm³/mol. The number of pyridine rings is 2. The van der Waals surface area contributed by atoms with Crippen molar-refractivity contribution in [1.82, 2.24) is 9.55 Å². The van der Waals surface area contributed by atoms with Crippen LogP contribution in [0, 0.1) is 6.92 Å². The molecule has 0 aromatic carbocycles. The SMILES string of the molecule is CCOC(=O)c1c(N2CCCC2)c2ccc(C)nc2n(CC)c1=O. The minimum atomic E-state index is -0.547. The predicted octanol–water partition coefficient (Wildman–Crippen LogP) is 2.50. The van der Waals surface area contributed by atoms with Crippen LogP contribution in [0.2, 0.25) is 0 Å². The molecule has 0 unspecified atom stereocenters. The van der Waals surface area contributed by atoms with Crippen LogP contribution >= 0.6 is 0 Å². The molecule has 0 bridgehead atoms. The van der Waals surface area contributed by atoms with E-state index in [1.165, 1.54) is 0 Å². The van der Waals surface area contributed by atoms with Crippen molar-refractivity contribution in [1.29, 1.82) is 0 Å². The number of hydrogen-bond acceptors (Lipinski definition) is 5. The second-order valence-corrected chi connectivity index (χ2v) is 6.01. The van der Waals surface area contributed by atoms with Gasteiger partial charge in [-0.3, -0.25) is 9.36 Å². The van der Waals surface area contributed by atoms with E-state index in [1.807, 2.05) is 26.0 Å². The summed E-state index contributed by atoms with van der Waals surface area (Å²) in [5.74, 6) is -0.547. The van der Waals surface area contributed by atoms with Gasteiger partial charge in [-0.15, -0.1) is 0 Å². The molecule has 0 saturated carbocycles. The lowest BCUT2D eigenvalue weighted by atomic mass is 10.1. The maximum atomic E-state index is 13.0. The second-order valence-electron chi connectivity index (χ2n) is 6.01. The molecule has 2 aromatic heterocycles. The molecule has 3 rings (SSSR count). The molecule has 1 saturated heterocycles. The van der Waals surface area contributed by atoms with Crippen molar-refractivity contribution in [2.45, 2.75) is 40.2 Å². The van der Waals surface area contributed by atoms with Gasteiger partial charge in [-0.25, -0.2) is 9.78 Å². The summed E-state index contributed by atoms with van der Waals surface area (Å²) in [5.41, 5.74) is 1.99.